The first-order valence-corrected chi connectivity index (χ1v) is 12.1. The third-order valence-electron chi connectivity index (χ3n) is 5.64. The first-order chi connectivity index (χ1) is 16.6. The van der Waals surface area contributed by atoms with E-state index in [-0.39, 0.29) is 17.8 Å². The van der Waals surface area contributed by atoms with Crippen molar-refractivity contribution in [3.8, 4) is 22.1 Å². The molecular weight excluding hydrogens is 457 g/mol. The minimum absolute atomic E-state index is 0.0624. The lowest BCUT2D eigenvalue weighted by Crippen LogP contribution is -2.43. The number of nitrogens with one attached hydrogen (secondary N) is 1. The van der Waals surface area contributed by atoms with Gasteiger partial charge in [0.1, 0.15) is 16.5 Å². The van der Waals surface area contributed by atoms with Gasteiger partial charge in [-0.2, -0.15) is 0 Å². The maximum absolute atomic E-state index is 13.2. The summed E-state index contributed by atoms with van der Waals surface area (Å²) in [5.74, 6) is 0.792. The second-order valence-electron chi connectivity index (χ2n) is 7.76. The number of morpholine rings is 1. The van der Waals surface area contributed by atoms with E-state index in [1.54, 1.807) is 24.6 Å². The van der Waals surface area contributed by atoms with Crippen molar-refractivity contribution in [1.29, 1.82) is 0 Å². The van der Waals surface area contributed by atoms with Crippen LogP contribution in [0, 0.1) is 5.82 Å². The number of carbonyl (C=O) groups excluding carboxylic acids is 1. The number of thiazole rings is 1. The molecule has 34 heavy (non-hydrogen) atoms. The van der Waals surface area contributed by atoms with Gasteiger partial charge in [0.15, 0.2) is 11.5 Å². The molecule has 0 bridgehead atoms. The molecule has 3 aromatic rings. The summed E-state index contributed by atoms with van der Waals surface area (Å²) in [6.07, 6.45) is 0. The minimum atomic E-state index is -0.307. The van der Waals surface area contributed by atoms with Crippen molar-refractivity contribution < 1.29 is 23.4 Å². The summed E-state index contributed by atoms with van der Waals surface area (Å²) < 4.78 is 29.9. The number of aromatic nitrogens is 1. The highest BCUT2D eigenvalue weighted by Gasteiger charge is 2.25. The first kappa shape index (κ1) is 24.1. The second-order valence-corrected chi connectivity index (χ2v) is 8.62. The van der Waals surface area contributed by atoms with Crippen molar-refractivity contribution in [2.45, 2.75) is 13.0 Å². The van der Waals surface area contributed by atoms with Gasteiger partial charge in [0.25, 0.3) is 5.91 Å². The van der Waals surface area contributed by atoms with Gasteiger partial charge in [-0.05, 0) is 48.9 Å². The standard InChI is InChI=1S/C25H28FN3O4S/c1-3-33-22-9-6-18(14-23(22)31-2)21(29-10-12-32-13-11-29)15-27-24(30)20-16-34-25(28-20)17-4-7-19(26)8-5-17/h4-9,14,16,21H,3,10-13,15H2,1-2H3,(H,27,30). The van der Waals surface area contributed by atoms with E-state index in [1.165, 1.54) is 23.5 Å². The Hall–Kier alpha value is -3.01. The topological polar surface area (TPSA) is 72.9 Å². The molecule has 2 heterocycles. The predicted molar refractivity (Wildman–Crippen MR) is 129 cm³/mol. The first-order valence-electron chi connectivity index (χ1n) is 11.2. The minimum Gasteiger partial charge on any atom is -0.493 e. The Morgan fingerprint density at radius 1 is 1.21 bits per heavy atom. The number of carbonyl (C=O) groups is 1. The number of amides is 1. The van der Waals surface area contributed by atoms with Gasteiger partial charge >= 0.3 is 0 Å². The van der Waals surface area contributed by atoms with Crippen molar-refractivity contribution in [2.24, 2.45) is 0 Å². The highest BCUT2D eigenvalue weighted by atomic mass is 32.1. The molecule has 0 aliphatic carbocycles. The fraction of sp³-hybridized carbons (Fsp3) is 0.360. The van der Waals surface area contributed by atoms with Crippen molar-refractivity contribution in [1.82, 2.24) is 15.2 Å². The van der Waals surface area contributed by atoms with Gasteiger partial charge in [0.05, 0.1) is 33.0 Å². The molecule has 0 spiro atoms. The highest BCUT2D eigenvalue weighted by Crippen LogP contribution is 2.32. The molecule has 2 aromatic carbocycles. The van der Waals surface area contributed by atoms with Crippen LogP contribution in [0.2, 0.25) is 0 Å². The number of methoxy groups -OCH3 is 1. The van der Waals surface area contributed by atoms with Crippen LogP contribution in [-0.2, 0) is 4.74 Å². The van der Waals surface area contributed by atoms with Gasteiger partial charge in [-0.3, -0.25) is 9.69 Å². The Bertz CT molecular complexity index is 1100. The Morgan fingerprint density at radius 3 is 2.68 bits per heavy atom. The predicted octanol–water partition coefficient (Wildman–Crippen LogP) is 4.16. The normalized spacial score (nSPS) is 15.0. The summed E-state index contributed by atoms with van der Waals surface area (Å²) in [5.41, 5.74) is 2.14. The summed E-state index contributed by atoms with van der Waals surface area (Å²) in [5, 5.41) is 5.43. The van der Waals surface area contributed by atoms with E-state index in [0.717, 1.165) is 24.2 Å². The number of benzene rings is 2. The molecule has 7 nitrogen and oxygen atoms in total. The van der Waals surface area contributed by atoms with Gasteiger partial charge in [-0.1, -0.05) is 6.07 Å². The van der Waals surface area contributed by atoms with E-state index >= 15 is 0 Å². The largest absolute Gasteiger partial charge is 0.493 e. The smallest absolute Gasteiger partial charge is 0.270 e. The van der Waals surface area contributed by atoms with E-state index < -0.39 is 0 Å². The molecule has 9 heteroatoms. The monoisotopic (exact) mass is 485 g/mol. The summed E-state index contributed by atoms with van der Waals surface area (Å²) >= 11 is 1.35. The molecule has 1 aliphatic heterocycles. The van der Waals surface area contributed by atoms with Crippen LogP contribution in [-0.4, -0.2) is 62.4 Å². The number of rotatable bonds is 9. The molecule has 0 saturated carbocycles. The Kier molecular flexibility index (Phi) is 8.10. The van der Waals surface area contributed by atoms with E-state index in [9.17, 15) is 9.18 Å². The Balaban J connectivity index is 1.50. The lowest BCUT2D eigenvalue weighted by molar-refractivity contribution is 0.0161. The van der Waals surface area contributed by atoms with Gasteiger partial charge < -0.3 is 19.5 Å². The third kappa shape index (κ3) is 5.72. The molecule has 1 amide bonds. The molecule has 1 atom stereocenters. The van der Waals surface area contributed by atoms with Crippen LogP contribution in [0.1, 0.15) is 29.0 Å². The summed E-state index contributed by atoms with van der Waals surface area (Å²) in [7, 11) is 1.62. The van der Waals surface area contributed by atoms with Crippen LogP contribution >= 0.6 is 11.3 Å². The van der Waals surface area contributed by atoms with Crippen molar-refractivity contribution >= 4 is 17.2 Å². The van der Waals surface area contributed by atoms with Gasteiger partial charge in [-0.15, -0.1) is 11.3 Å². The van der Waals surface area contributed by atoms with Crippen LogP contribution in [0.5, 0.6) is 11.5 Å². The summed E-state index contributed by atoms with van der Waals surface area (Å²) in [6.45, 7) is 5.70. The number of ether oxygens (including phenoxy) is 3. The maximum atomic E-state index is 13.2. The Labute approximate surface area is 202 Å². The number of halogens is 1. The Morgan fingerprint density at radius 2 is 1.97 bits per heavy atom. The van der Waals surface area contributed by atoms with Gasteiger partial charge in [0.2, 0.25) is 0 Å². The number of nitrogens with zero attached hydrogens (tertiary/aromatic N) is 2. The molecule has 1 fully saturated rings. The molecule has 1 aromatic heterocycles. The van der Waals surface area contributed by atoms with Crippen molar-refractivity contribution in [2.75, 3.05) is 46.6 Å². The molecule has 1 saturated heterocycles. The quantitative estimate of drug-likeness (QED) is 0.491. The van der Waals surface area contributed by atoms with Crippen LogP contribution in [0.25, 0.3) is 10.6 Å². The fourth-order valence-electron chi connectivity index (χ4n) is 3.90. The van der Waals surface area contributed by atoms with Crippen molar-refractivity contribution in [3.05, 3.63) is 64.9 Å². The van der Waals surface area contributed by atoms with Crippen LogP contribution in [0.4, 0.5) is 4.39 Å². The lowest BCUT2D eigenvalue weighted by atomic mass is 10.0. The average molecular weight is 486 g/mol. The molecule has 1 unspecified atom stereocenters. The molecular formula is C25H28FN3O4S. The molecule has 180 valence electrons. The fourth-order valence-corrected chi connectivity index (χ4v) is 4.70. The maximum Gasteiger partial charge on any atom is 0.270 e. The molecule has 4 rings (SSSR count). The molecule has 0 radical (unpaired) electrons. The van der Waals surface area contributed by atoms with Gasteiger partial charge in [-0.25, -0.2) is 9.37 Å². The zero-order chi connectivity index (χ0) is 23.9. The summed E-state index contributed by atoms with van der Waals surface area (Å²) in [4.78, 5) is 19.7. The highest BCUT2D eigenvalue weighted by molar-refractivity contribution is 7.13. The zero-order valence-electron chi connectivity index (χ0n) is 19.3. The molecule has 1 aliphatic rings. The lowest BCUT2D eigenvalue weighted by Gasteiger charge is -2.35. The van der Waals surface area contributed by atoms with Crippen LogP contribution < -0.4 is 14.8 Å². The molecule has 1 N–H and O–H groups in total. The average Bonchev–Trinajstić information content (AvgIpc) is 3.36. The van der Waals surface area contributed by atoms with Gasteiger partial charge in [0, 0.05) is 30.6 Å². The number of hydrogen-bond donors (Lipinski definition) is 1. The van der Waals surface area contributed by atoms with E-state index in [0.29, 0.717) is 48.6 Å². The van der Waals surface area contributed by atoms with E-state index in [2.05, 4.69) is 15.2 Å². The van der Waals surface area contributed by atoms with E-state index in [1.807, 2.05) is 25.1 Å². The number of hydrogen-bond acceptors (Lipinski definition) is 7. The second kappa shape index (κ2) is 11.4. The van der Waals surface area contributed by atoms with E-state index in [4.69, 9.17) is 14.2 Å². The van der Waals surface area contributed by atoms with Crippen LogP contribution in [0.3, 0.4) is 0 Å². The third-order valence-corrected chi connectivity index (χ3v) is 6.53. The van der Waals surface area contributed by atoms with Crippen molar-refractivity contribution in [3.63, 3.8) is 0 Å². The zero-order valence-corrected chi connectivity index (χ0v) is 20.1. The summed E-state index contributed by atoms with van der Waals surface area (Å²) in [6, 6.07) is 11.9. The van der Waals surface area contributed by atoms with Crippen LogP contribution in [0.15, 0.2) is 47.8 Å². The SMILES string of the molecule is CCOc1ccc(C(CNC(=O)c2csc(-c3ccc(F)cc3)n2)N2CCOCC2)cc1OC.